The molecule has 1 unspecified atom stereocenters. The highest BCUT2D eigenvalue weighted by Crippen LogP contribution is 2.20. The predicted octanol–water partition coefficient (Wildman–Crippen LogP) is 3.46. The van der Waals surface area contributed by atoms with Gasteiger partial charge in [-0.05, 0) is 49.4 Å². The lowest BCUT2D eigenvalue weighted by Gasteiger charge is -2.25. The Morgan fingerprint density at radius 2 is 1.90 bits per heavy atom. The number of rotatable bonds is 7. The molecular weight excluding hydrogens is 244 g/mol. The van der Waals surface area contributed by atoms with Crippen molar-refractivity contribution in [2.24, 2.45) is 5.92 Å². The summed E-state index contributed by atoms with van der Waals surface area (Å²) in [7, 11) is 0. The van der Waals surface area contributed by atoms with Gasteiger partial charge in [0.2, 0.25) is 0 Å². The number of likely N-dealkylation sites (tertiary alicyclic amines) is 1. The van der Waals surface area contributed by atoms with Gasteiger partial charge < -0.3 is 5.32 Å². The first-order chi connectivity index (χ1) is 9.69. The highest BCUT2D eigenvalue weighted by Gasteiger charge is 2.23. The van der Waals surface area contributed by atoms with Crippen LogP contribution in [0.5, 0.6) is 0 Å². The molecule has 0 radical (unpaired) electrons. The molecule has 20 heavy (non-hydrogen) atoms. The van der Waals surface area contributed by atoms with E-state index in [0.29, 0.717) is 0 Å². The van der Waals surface area contributed by atoms with Crippen molar-refractivity contribution in [3.05, 3.63) is 35.4 Å². The number of benzene rings is 1. The molecule has 2 nitrogen and oxygen atoms in total. The van der Waals surface area contributed by atoms with E-state index in [9.17, 15) is 0 Å². The van der Waals surface area contributed by atoms with Gasteiger partial charge in [0.05, 0.1) is 0 Å². The summed E-state index contributed by atoms with van der Waals surface area (Å²) in [6, 6.07) is 9.87. The van der Waals surface area contributed by atoms with E-state index in [1.807, 2.05) is 0 Å². The number of nitrogens with one attached hydrogen (secondary N) is 1. The van der Waals surface area contributed by atoms with Crippen molar-refractivity contribution in [1.82, 2.24) is 10.2 Å². The van der Waals surface area contributed by atoms with Crippen molar-refractivity contribution in [3.8, 4) is 0 Å². The summed E-state index contributed by atoms with van der Waals surface area (Å²) in [5.41, 5.74) is 2.89. The Kier molecular flexibility index (Phi) is 6.06. The quantitative estimate of drug-likeness (QED) is 0.819. The fourth-order valence-corrected chi connectivity index (χ4v) is 2.99. The molecule has 2 rings (SSSR count). The van der Waals surface area contributed by atoms with Crippen molar-refractivity contribution < 1.29 is 0 Å². The Balaban J connectivity index is 1.83. The molecule has 1 aliphatic heterocycles. The predicted molar refractivity (Wildman–Crippen MR) is 87.0 cm³/mol. The van der Waals surface area contributed by atoms with Crippen LogP contribution in [0.15, 0.2) is 24.3 Å². The number of hydrogen-bond acceptors (Lipinski definition) is 2. The van der Waals surface area contributed by atoms with Gasteiger partial charge in [0.15, 0.2) is 0 Å². The molecule has 0 bridgehead atoms. The first kappa shape index (κ1) is 15.5. The van der Waals surface area contributed by atoms with Crippen molar-refractivity contribution in [2.75, 3.05) is 19.6 Å². The molecule has 1 heterocycles. The minimum Gasteiger partial charge on any atom is -0.315 e. The molecule has 0 aromatic heterocycles. The fourth-order valence-electron chi connectivity index (χ4n) is 2.99. The topological polar surface area (TPSA) is 15.3 Å². The smallest absolute Gasteiger partial charge is 0.0237 e. The van der Waals surface area contributed by atoms with E-state index < -0.39 is 0 Å². The van der Waals surface area contributed by atoms with Crippen LogP contribution in [-0.4, -0.2) is 30.6 Å². The molecule has 1 aromatic rings. The summed E-state index contributed by atoms with van der Waals surface area (Å²) in [5.74, 6) is 0.742. The highest BCUT2D eigenvalue weighted by atomic mass is 15.2. The third kappa shape index (κ3) is 4.60. The zero-order chi connectivity index (χ0) is 14.4. The van der Waals surface area contributed by atoms with Crippen LogP contribution in [0.2, 0.25) is 0 Å². The van der Waals surface area contributed by atoms with Gasteiger partial charge in [0.1, 0.15) is 0 Å². The second-order valence-electron chi connectivity index (χ2n) is 6.49. The van der Waals surface area contributed by atoms with Crippen LogP contribution in [0.1, 0.15) is 44.7 Å². The second-order valence-corrected chi connectivity index (χ2v) is 6.49. The molecule has 0 amide bonds. The van der Waals surface area contributed by atoms with E-state index in [1.54, 1.807) is 0 Å². The van der Waals surface area contributed by atoms with E-state index in [0.717, 1.165) is 38.0 Å². The monoisotopic (exact) mass is 274 g/mol. The third-order valence-electron chi connectivity index (χ3n) is 4.25. The molecule has 0 spiro atoms. The summed E-state index contributed by atoms with van der Waals surface area (Å²) in [4.78, 5) is 2.65. The highest BCUT2D eigenvalue weighted by molar-refractivity contribution is 5.22. The minimum absolute atomic E-state index is 0.722. The molecular formula is C18H30N2. The van der Waals surface area contributed by atoms with E-state index >= 15 is 0 Å². The normalized spacial score (nSPS) is 19.9. The molecule has 1 fully saturated rings. The second kappa shape index (κ2) is 7.80. The van der Waals surface area contributed by atoms with Gasteiger partial charge in [-0.3, -0.25) is 4.90 Å². The van der Waals surface area contributed by atoms with Crippen LogP contribution in [0.25, 0.3) is 0 Å². The van der Waals surface area contributed by atoms with Gasteiger partial charge in [-0.1, -0.05) is 45.0 Å². The Morgan fingerprint density at radius 1 is 1.20 bits per heavy atom. The summed E-state index contributed by atoms with van der Waals surface area (Å²) in [6.45, 7) is 11.4. The Labute approximate surface area is 124 Å². The zero-order valence-electron chi connectivity index (χ0n) is 13.4. The number of hydrogen-bond donors (Lipinski definition) is 1. The Bertz CT molecular complexity index is 383. The van der Waals surface area contributed by atoms with Crippen molar-refractivity contribution in [3.63, 3.8) is 0 Å². The first-order valence-corrected chi connectivity index (χ1v) is 8.21. The molecule has 112 valence electrons. The van der Waals surface area contributed by atoms with Crippen LogP contribution >= 0.6 is 0 Å². The van der Waals surface area contributed by atoms with Gasteiger partial charge in [-0.15, -0.1) is 0 Å². The van der Waals surface area contributed by atoms with E-state index in [-0.39, 0.29) is 0 Å². The van der Waals surface area contributed by atoms with Gasteiger partial charge in [-0.2, -0.15) is 0 Å². The molecule has 1 atom stereocenters. The van der Waals surface area contributed by atoms with Crippen molar-refractivity contribution in [1.29, 1.82) is 0 Å². The molecule has 0 aliphatic carbocycles. The summed E-state index contributed by atoms with van der Waals surface area (Å²) in [5, 5.41) is 3.62. The summed E-state index contributed by atoms with van der Waals surface area (Å²) in [6.07, 6.45) is 3.82. The maximum absolute atomic E-state index is 3.62. The average Bonchev–Trinajstić information content (AvgIpc) is 2.87. The minimum atomic E-state index is 0.722. The SMILES string of the molecule is CCc1ccc(CN2CCCC2CNCC(C)C)cc1. The molecule has 1 saturated heterocycles. The Hall–Kier alpha value is -0.860. The number of nitrogens with zero attached hydrogens (tertiary/aromatic N) is 1. The largest absolute Gasteiger partial charge is 0.315 e. The van der Waals surface area contributed by atoms with Crippen LogP contribution in [0, 0.1) is 5.92 Å². The molecule has 1 aliphatic rings. The van der Waals surface area contributed by atoms with Gasteiger partial charge in [0.25, 0.3) is 0 Å². The molecule has 0 saturated carbocycles. The Morgan fingerprint density at radius 3 is 2.55 bits per heavy atom. The number of aryl methyl sites for hydroxylation is 1. The van der Waals surface area contributed by atoms with Crippen LogP contribution < -0.4 is 5.32 Å². The average molecular weight is 274 g/mol. The zero-order valence-corrected chi connectivity index (χ0v) is 13.4. The molecule has 2 heteroatoms. The van der Waals surface area contributed by atoms with Crippen LogP contribution in [-0.2, 0) is 13.0 Å². The maximum Gasteiger partial charge on any atom is 0.0237 e. The lowest BCUT2D eigenvalue weighted by atomic mass is 10.1. The van der Waals surface area contributed by atoms with Crippen LogP contribution in [0.3, 0.4) is 0 Å². The van der Waals surface area contributed by atoms with Crippen molar-refractivity contribution in [2.45, 2.75) is 52.6 Å². The summed E-state index contributed by atoms with van der Waals surface area (Å²) < 4.78 is 0. The third-order valence-corrected chi connectivity index (χ3v) is 4.25. The van der Waals surface area contributed by atoms with Gasteiger partial charge in [-0.25, -0.2) is 0 Å². The lowest BCUT2D eigenvalue weighted by molar-refractivity contribution is 0.237. The lowest BCUT2D eigenvalue weighted by Crippen LogP contribution is -2.38. The van der Waals surface area contributed by atoms with Gasteiger partial charge in [0, 0.05) is 19.1 Å². The van der Waals surface area contributed by atoms with Crippen LogP contribution in [0.4, 0.5) is 0 Å². The van der Waals surface area contributed by atoms with E-state index in [4.69, 9.17) is 0 Å². The maximum atomic E-state index is 3.62. The van der Waals surface area contributed by atoms with Gasteiger partial charge >= 0.3 is 0 Å². The van der Waals surface area contributed by atoms with Crippen molar-refractivity contribution >= 4 is 0 Å². The first-order valence-electron chi connectivity index (χ1n) is 8.21. The standard InChI is InChI=1S/C18H30N2/c1-4-16-7-9-17(10-8-16)14-20-11-5-6-18(20)13-19-12-15(2)3/h7-10,15,18-19H,4-6,11-14H2,1-3H3. The fraction of sp³-hybridized carbons (Fsp3) is 0.667. The molecule has 1 aromatic carbocycles. The van der Waals surface area contributed by atoms with E-state index in [2.05, 4.69) is 55.3 Å². The van der Waals surface area contributed by atoms with E-state index in [1.165, 1.54) is 30.5 Å². The molecule has 1 N–H and O–H groups in total. The summed E-state index contributed by atoms with van der Waals surface area (Å²) >= 11 is 0.